The number of nitrogens with one attached hydrogen (secondary N) is 1. The first-order valence-electron chi connectivity index (χ1n) is 7.12. The highest BCUT2D eigenvalue weighted by atomic mass is 16.3. The predicted molar refractivity (Wildman–Crippen MR) is 75.5 cm³/mol. The summed E-state index contributed by atoms with van der Waals surface area (Å²) in [6.07, 6.45) is 2.90. The molecule has 0 bridgehead atoms. The van der Waals surface area contributed by atoms with Crippen molar-refractivity contribution in [2.75, 3.05) is 26.2 Å². The number of amides is 1. The minimum atomic E-state index is 0.0889. The number of carbonyl (C=O) groups is 1. The number of rotatable bonds is 10. The Morgan fingerprint density at radius 3 is 2.44 bits per heavy atom. The molecule has 4 heteroatoms. The van der Waals surface area contributed by atoms with Gasteiger partial charge in [-0.3, -0.25) is 9.69 Å². The van der Waals surface area contributed by atoms with Crippen molar-refractivity contribution in [2.45, 2.75) is 53.0 Å². The molecule has 1 unspecified atom stereocenters. The van der Waals surface area contributed by atoms with Gasteiger partial charge in [-0.05, 0) is 38.6 Å². The first kappa shape index (κ1) is 17.4. The standard InChI is InChI=1S/C14H30N2O2/c1-5-16(9-6-10-17)11-14(18)15-13(4)8-7-12(2)3/h12-13,17H,5-11H2,1-4H3,(H,15,18). The number of hydrogen-bond donors (Lipinski definition) is 2. The fraction of sp³-hybridized carbons (Fsp3) is 0.929. The molecule has 1 atom stereocenters. The Labute approximate surface area is 112 Å². The molecule has 0 aliphatic rings. The molecule has 0 rings (SSSR count). The number of carbonyl (C=O) groups excluding carboxylic acids is 1. The van der Waals surface area contributed by atoms with Gasteiger partial charge in [0.2, 0.25) is 5.91 Å². The molecule has 0 aliphatic heterocycles. The SMILES string of the molecule is CCN(CCCO)CC(=O)NC(C)CCC(C)C. The van der Waals surface area contributed by atoms with Crippen LogP contribution in [0.4, 0.5) is 0 Å². The zero-order valence-corrected chi connectivity index (χ0v) is 12.4. The van der Waals surface area contributed by atoms with Crippen LogP contribution in [0.15, 0.2) is 0 Å². The van der Waals surface area contributed by atoms with Gasteiger partial charge in [-0.15, -0.1) is 0 Å². The number of aliphatic hydroxyl groups excluding tert-OH is 1. The van der Waals surface area contributed by atoms with E-state index in [0.717, 1.165) is 32.4 Å². The van der Waals surface area contributed by atoms with E-state index in [1.165, 1.54) is 0 Å². The molecule has 108 valence electrons. The second-order valence-electron chi connectivity index (χ2n) is 5.39. The van der Waals surface area contributed by atoms with Gasteiger partial charge in [-0.2, -0.15) is 0 Å². The van der Waals surface area contributed by atoms with Crippen LogP contribution in [0.25, 0.3) is 0 Å². The van der Waals surface area contributed by atoms with Crippen molar-refractivity contribution in [1.29, 1.82) is 0 Å². The summed E-state index contributed by atoms with van der Waals surface area (Å²) in [5.41, 5.74) is 0. The van der Waals surface area contributed by atoms with E-state index in [0.29, 0.717) is 12.5 Å². The number of nitrogens with zero attached hydrogens (tertiary/aromatic N) is 1. The molecule has 18 heavy (non-hydrogen) atoms. The first-order valence-corrected chi connectivity index (χ1v) is 7.12. The second-order valence-corrected chi connectivity index (χ2v) is 5.39. The molecule has 0 aliphatic carbocycles. The van der Waals surface area contributed by atoms with Gasteiger partial charge in [0.15, 0.2) is 0 Å². The van der Waals surface area contributed by atoms with E-state index in [4.69, 9.17) is 5.11 Å². The largest absolute Gasteiger partial charge is 0.396 e. The van der Waals surface area contributed by atoms with E-state index in [2.05, 4.69) is 31.0 Å². The lowest BCUT2D eigenvalue weighted by atomic mass is 10.0. The minimum absolute atomic E-state index is 0.0889. The van der Waals surface area contributed by atoms with Crippen LogP contribution >= 0.6 is 0 Å². The van der Waals surface area contributed by atoms with E-state index in [-0.39, 0.29) is 18.6 Å². The molecule has 0 fully saturated rings. The molecule has 2 N–H and O–H groups in total. The Balaban J connectivity index is 3.85. The molecule has 0 saturated carbocycles. The van der Waals surface area contributed by atoms with Crippen molar-refractivity contribution in [3.05, 3.63) is 0 Å². The van der Waals surface area contributed by atoms with Gasteiger partial charge >= 0.3 is 0 Å². The summed E-state index contributed by atoms with van der Waals surface area (Å²) in [5, 5.41) is 11.8. The molecule has 0 radical (unpaired) electrons. The fourth-order valence-corrected chi connectivity index (χ4v) is 1.82. The summed E-state index contributed by atoms with van der Waals surface area (Å²) in [6, 6.07) is 0.247. The van der Waals surface area contributed by atoms with Crippen LogP contribution in [0.5, 0.6) is 0 Å². The fourth-order valence-electron chi connectivity index (χ4n) is 1.82. The second kappa shape index (κ2) is 10.3. The lowest BCUT2D eigenvalue weighted by Gasteiger charge is -2.21. The highest BCUT2D eigenvalue weighted by Gasteiger charge is 2.11. The third-order valence-electron chi connectivity index (χ3n) is 3.03. The van der Waals surface area contributed by atoms with Crippen molar-refractivity contribution in [2.24, 2.45) is 5.92 Å². The molecule has 0 aromatic carbocycles. The number of hydrogen-bond acceptors (Lipinski definition) is 3. The van der Waals surface area contributed by atoms with Gasteiger partial charge in [0, 0.05) is 19.2 Å². The zero-order valence-electron chi connectivity index (χ0n) is 12.4. The summed E-state index contributed by atoms with van der Waals surface area (Å²) in [5.74, 6) is 0.770. The minimum Gasteiger partial charge on any atom is -0.396 e. The van der Waals surface area contributed by atoms with Gasteiger partial charge in [0.1, 0.15) is 0 Å². The highest BCUT2D eigenvalue weighted by molar-refractivity contribution is 5.78. The van der Waals surface area contributed by atoms with Crippen LogP contribution in [-0.2, 0) is 4.79 Å². The van der Waals surface area contributed by atoms with E-state index < -0.39 is 0 Å². The van der Waals surface area contributed by atoms with Crippen molar-refractivity contribution in [1.82, 2.24) is 10.2 Å². The maximum atomic E-state index is 11.8. The molecule has 4 nitrogen and oxygen atoms in total. The molecule has 0 aromatic rings. The summed E-state index contributed by atoms with van der Waals surface area (Å²) in [4.78, 5) is 13.9. The average Bonchev–Trinajstić information content (AvgIpc) is 2.31. The lowest BCUT2D eigenvalue weighted by molar-refractivity contribution is -0.122. The smallest absolute Gasteiger partial charge is 0.234 e. The Kier molecular flexibility index (Phi) is 9.98. The van der Waals surface area contributed by atoms with Crippen LogP contribution in [0.3, 0.4) is 0 Å². The van der Waals surface area contributed by atoms with Gasteiger partial charge < -0.3 is 10.4 Å². The average molecular weight is 258 g/mol. The highest BCUT2D eigenvalue weighted by Crippen LogP contribution is 2.06. The number of likely N-dealkylation sites (N-methyl/N-ethyl adjacent to an activating group) is 1. The Hall–Kier alpha value is -0.610. The van der Waals surface area contributed by atoms with Crippen LogP contribution < -0.4 is 5.32 Å². The van der Waals surface area contributed by atoms with E-state index in [1.54, 1.807) is 0 Å². The summed E-state index contributed by atoms with van der Waals surface area (Å²) in [7, 11) is 0. The van der Waals surface area contributed by atoms with E-state index >= 15 is 0 Å². The van der Waals surface area contributed by atoms with Crippen molar-refractivity contribution < 1.29 is 9.90 Å². The third-order valence-corrected chi connectivity index (χ3v) is 3.03. The van der Waals surface area contributed by atoms with Crippen LogP contribution in [0.2, 0.25) is 0 Å². The topological polar surface area (TPSA) is 52.6 Å². The van der Waals surface area contributed by atoms with Gasteiger partial charge in [0.25, 0.3) is 0 Å². The van der Waals surface area contributed by atoms with E-state index in [1.807, 2.05) is 6.92 Å². The maximum Gasteiger partial charge on any atom is 0.234 e. The van der Waals surface area contributed by atoms with Gasteiger partial charge in [-0.1, -0.05) is 20.8 Å². The molecule has 0 saturated heterocycles. The maximum absolute atomic E-state index is 11.8. The van der Waals surface area contributed by atoms with Crippen molar-refractivity contribution in [3.8, 4) is 0 Å². The quantitative estimate of drug-likeness (QED) is 0.626. The first-order chi connectivity index (χ1) is 8.49. The van der Waals surface area contributed by atoms with Crippen molar-refractivity contribution in [3.63, 3.8) is 0 Å². The summed E-state index contributed by atoms with van der Waals surface area (Å²) >= 11 is 0. The molecular weight excluding hydrogens is 228 g/mol. The molecular formula is C14H30N2O2. The van der Waals surface area contributed by atoms with Gasteiger partial charge in [0.05, 0.1) is 6.54 Å². The third kappa shape index (κ3) is 9.42. The summed E-state index contributed by atoms with van der Waals surface area (Å²) < 4.78 is 0. The van der Waals surface area contributed by atoms with Crippen LogP contribution in [-0.4, -0.2) is 48.2 Å². The normalized spacial score (nSPS) is 13.1. The zero-order chi connectivity index (χ0) is 14.0. The van der Waals surface area contributed by atoms with Crippen LogP contribution in [0, 0.1) is 5.92 Å². The summed E-state index contributed by atoms with van der Waals surface area (Å²) in [6.45, 7) is 10.7. The van der Waals surface area contributed by atoms with E-state index in [9.17, 15) is 4.79 Å². The Bertz CT molecular complexity index is 220. The van der Waals surface area contributed by atoms with Gasteiger partial charge in [-0.25, -0.2) is 0 Å². The molecule has 0 spiro atoms. The molecule has 0 aromatic heterocycles. The monoisotopic (exact) mass is 258 g/mol. The van der Waals surface area contributed by atoms with Crippen molar-refractivity contribution >= 4 is 5.91 Å². The molecule has 0 heterocycles. The Morgan fingerprint density at radius 1 is 1.28 bits per heavy atom. The lowest BCUT2D eigenvalue weighted by Crippen LogP contribution is -2.41. The number of aliphatic hydroxyl groups is 1. The molecule has 1 amide bonds. The van der Waals surface area contributed by atoms with Crippen LogP contribution in [0.1, 0.15) is 47.0 Å². The predicted octanol–water partition coefficient (Wildman–Crippen LogP) is 1.63. The Morgan fingerprint density at radius 2 is 1.94 bits per heavy atom.